The highest BCUT2D eigenvalue weighted by atomic mass is 16.7. The molecule has 1 atom stereocenters. The molecular weight excluding hydrogens is 406 g/mol. The molecule has 6 nitrogen and oxygen atoms in total. The lowest BCUT2D eigenvalue weighted by Gasteiger charge is -2.16. The van der Waals surface area contributed by atoms with Gasteiger partial charge in [-0.1, -0.05) is 54.6 Å². The molecule has 4 aromatic rings. The Morgan fingerprint density at radius 3 is 2.59 bits per heavy atom. The molecule has 1 aliphatic rings. The Morgan fingerprint density at radius 1 is 0.938 bits per heavy atom. The molecule has 1 unspecified atom stereocenters. The van der Waals surface area contributed by atoms with Crippen molar-refractivity contribution in [2.75, 3.05) is 6.79 Å². The number of carbonyl (C=O) groups excluding carboxylic acids is 2. The Balaban J connectivity index is 1.40. The van der Waals surface area contributed by atoms with Crippen molar-refractivity contribution in [3.05, 3.63) is 102 Å². The zero-order chi connectivity index (χ0) is 21.9. The summed E-state index contributed by atoms with van der Waals surface area (Å²) in [5, 5.41) is 0.783. The van der Waals surface area contributed by atoms with Crippen LogP contribution in [0.2, 0.25) is 0 Å². The maximum absolute atomic E-state index is 13.4. The number of rotatable bonds is 6. The SMILES string of the molecule is O=C(/C=C/c1ccc2c(c1)OCO2)OC(C(=O)c1c[nH]c2ccccc12)c1ccccc1. The number of carbonyl (C=O) groups is 2. The van der Waals surface area contributed by atoms with Crippen LogP contribution in [0, 0.1) is 0 Å². The minimum atomic E-state index is -1.07. The van der Waals surface area contributed by atoms with E-state index in [0.717, 1.165) is 16.5 Å². The van der Waals surface area contributed by atoms with E-state index < -0.39 is 12.1 Å². The summed E-state index contributed by atoms with van der Waals surface area (Å²) in [5.74, 6) is 0.374. The monoisotopic (exact) mass is 425 g/mol. The van der Waals surface area contributed by atoms with Gasteiger partial charge in [-0.15, -0.1) is 0 Å². The summed E-state index contributed by atoms with van der Waals surface area (Å²) in [6, 6.07) is 21.9. The van der Waals surface area contributed by atoms with Gasteiger partial charge in [-0.05, 0) is 29.8 Å². The summed E-state index contributed by atoms with van der Waals surface area (Å²) in [6.07, 6.45) is 3.50. The van der Waals surface area contributed by atoms with E-state index in [4.69, 9.17) is 14.2 Å². The Labute approximate surface area is 184 Å². The number of Topliss-reactive ketones (excluding diaryl/α,β-unsaturated/α-hetero) is 1. The number of aromatic nitrogens is 1. The van der Waals surface area contributed by atoms with Crippen LogP contribution in [0.3, 0.4) is 0 Å². The van der Waals surface area contributed by atoms with Crippen LogP contribution in [0.15, 0.2) is 85.1 Å². The summed E-state index contributed by atoms with van der Waals surface area (Å²) < 4.78 is 16.3. The summed E-state index contributed by atoms with van der Waals surface area (Å²) in [4.78, 5) is 29.2. The van der Waals surface area contributed by atoms with Crippen molar-refractivity contribution in [3.63, 3.8) is 0 Å². The van der Waals surface area contributed by atoms with E-state index in [9.17, 15) is 9.59 Å². The first kappa shape index (κ1) is 19.6. The Morgan fingerprint density at radius 2 is 1.72 bits per heavy atom. The van der Waals surface area contributed by atoms with E-state index in [-0.39, 0.29) is 12.6 Å². The van der Waals surface area contributed by atoms with E-state index in [2.05, 4.69) is 4.98 Å². The number of para-hydroxylation sites is 1. The topological polar surface area (TPSA) is 77.6 Å². The quantitative estimate of drug-likeness (QED) is 0.265. The number of hydrogen-bond acceptors (Lipinski definition) is 5. The smallest absolute Gasteiger partial charge is 0.331 e. The standard InChI is InChI=1S/C26H19NO5/c28-24(13-11-17-10-12-22-23(14-17)31-16-30-22)32-26(18-6-2-1-3-7-18)25(29)20-15-27-21-9-5-4-8-19(20)21/h1-15,26-27H,16H2/b13-11+. The van der Waals surface area contributed by atoms with Gasteiger partial charge in [0.2, 0.25) is 12.6 Å². The molecule has 0 fully saturated rings. The molecule has 32 heavy (non-hydrogen) atoms. The molecule has 0 saturated heterocycles. The molecule has 3 aromatic carbocycles. The molecule has 0 radical (unpaired) electrons. The highest BCUT2D eigenvalue weighted by molar-refractivity contribution is 6.10. The predicted molar refractivity (Wildman–Crippen MR) is 120 cm³/mol. The lowest BCUT2D eigenvalue weighted by atomic mass is 9.99. The zero-order valence-electron chi connectivity index (χ0n) is 17.0. The molecule has 158 valence electrons. The van der Waals surface area contributed by atoms with E-state index in [1.54, 1.807) is 48.7 Å². The van der Waals surface area contributed by atoms with Gasteiger partial charge >= 0.3 is 5.97 Å². The van der Waals surface area contributed by atoms with Crippen molar-refractivity contribution in [3.8, 4) is 11.5 Å². The van der Waals surface area contributed by atoms with E-state index in [0.29, 0.717) is 22.6 Å². The molecule has 5 rings (SSSR count). The van der Waals surface area contributed by atoms with Gasteiger partial charge < -0.3 is 19.2 Å². The van der Waals surface area contributed by atoms with Gasteiger partial charge in [0.05, 0.1) is 0 Å². The summed E-state index contributed by atoms with van der Waals surface area (Å²) in [6.45, 7) is 0.180. The maximum Gasteiger partial charge on any atom is 0.331 e. The van der Waals surface area contributed by atoms with Gasteiger partial charge in [0.25, 0.3) is 0 Å². The maximum atomic E-state index is 13.4. The highest BCUT2D eigenvalue weighted by Gasteiger charge is 2.27. The van der Waals surface area contributed by atoms with Crippen molar-refractivity contribution in [2.24, 2.45) is 0 Å². The van der Waals surface area contributed by atoms with Crippen molar-refractivity contribution < 1.29 is 23.8 Å². The predicted octanol–water partition coefficient (Wildman–Crippen LogP) is 5.08. The molecule has 0 aliphatic carbocycles. The number of nitrogens with one attached hydrogen (secondary N) is 1. The molecule has 0 bridgehead atoms. The van der Waals surface area contributed by atoms with Gasteiger partial charge in [0.1, 0.15) is 0 Å². The number of esters is 1. The number of ether oxygens (including phenoxy) is 3. The van der Waals surface area contributed by atoms with Gasteiger partial charge in [0.15, 0.2) is 17.6 Å². The van der Waals surface area contributed by atoms with Gasteiger partial charge in [-0.2, -0.15) is 0 Å². The molecule has 0 saturated carbocycles. The van der Waals surface area contributed by atoms with Crippen LogP contribution >= 0.6 is 0 Å². The molecule has 0 amide bonds. The zero-order valence-corrected chi connectivity index (χ0v) is 17.0. The molecule has 0 spiro atoms. The molecule has 6 heteroatoms. The fourth-order valence-corrected chi connectivity index (χ4v) is 3.65. The third kappa shape index (κ3) is 3.86. The van der Waals surface area contributed by atoms with Gasteiger partial charge in [-0.25, -0.2) is 4.79 Å². The first-order chi connectivity index (χ1) is 15.7. The van der Waals surface area contributed by atoms with Crippen LogP contribution in [0.4, 0.5) is 0 Å². The Kier molecular flexibility index (Phi) is 5.17. The molecule has 1 aromatic heterocycles. The number of hydrogen-bond donors (Lipinski definition) is 1. The lowest BCUT2D eigenvalue weighted by molar-refractivity contribution is -0.141. The minimum absolute atomic E-state index is 0.180. The fourth-order valence-electron chi connectivity index (χ4n) is 3.65. The van der Waals surface area contributed by atoms with Crippen LogP contribution in [0.1, 0.15) is 27.6 Å². The Bertz CT molecular complexity index is 1320. The molecular formula is C26H19NO5. The molecule has 2 heterocycles. The normalized spacial score (nSPS) is 13.4. The number of fused-ring (bicyclic) bond motifs is 2. The Hall–Kier alpha value is -4.32. The van der Waals surface area contributed by atoms with E-state index in [1.807, 2.05) is 36.4 Å². The van der Waals surface area contributed by atoms with E-state index in [1.165, 1.54) is 6.08 Å². The molecule has 1 N–H and O–H groups in total. The largest absolute Gasteiger partial charge is 0.454 e. The first-order valence-electron chi connectivity index (χ1n) is 10.1. The second-order valence-corrected chi connectivity index (χ2v) is 7.29. The molecule has 1 aliphatic heterocycles. The van der Waals surface area contributed by atoms with Crippen molar-refractivity contribution in [1.82, 2.24) is 4.98 Å². The number of ketones is 1. The summed E-state index contributed by atoms with van der Waals surface area (Å²) >= 11 is 0. The second-order valence-electron chi connectivity index (χ2n) is 7.29. The summed E-state index contributed by atoms with van der Waals surface area (Å²) in [5.41, 5.74) is 2.68. The third-order valence-electron chi connectivity index (χ3n) is 5.24. The third-order valence-corrected chi connectivity index (χ3v) is 5.24. The van der Waals surface area contributed by atoms with Gasteiger partial charge in [-0.3, -0.25) is 4.79 Å². The number of benzene rings is 3. The van der Waals surface area contributed by atoms with Crippen molar-refractivity contribution >= 4 is 28.7 Å². The summed E-state index contributed by atoms with van der Waals surface area (Å²) in [7, 11) is 0. The van der Waals surface area contributed by atoms with E-state index >= 15 is 0 Å². The fraction of sp³-hybridized carbons (Fsp3) is 0.0769. The van der Waals surface area contributed by atoms with Crippen LogP contribution < -0.4 is 9.47 Å². The average molecular weight is 425 g/mol. The minimum Gasteiger partial charge on any atom is -0.454 e. The lowest BCUT2D eigenvalue weighted by Crippen LogP contribution is -2.19. The number of aromatic amines is 1. The first-order valence-corrected chi connectivity index (χ1v) is 10.1. The second kappa shape index (κ2) is 8.43. The van der Waals surface area contributed by atoms with Crippen molar-refractivity contribution in [2.45, 2.75) is 6.10 Å². The highest BCUT2D eigenvalue weighted by Crippen LogP contribution is 2.33. The number of H-pyrrole nitrogens is 1. The van der Waals surface area contributed by atoms with Crippen LogP contribution in [0.5, 0.6) is 11.5 Å². The van der Waals surface area contributed by atoms with Crippen LogP contribution in [-0.4, -0.2) is 23.5 Å². The van der Waals surface area contributed by atoms with Gasteiger partial charge in [0, 0.05) is 34.3 Å². The van der Waals surface area contributed by atoms with Crippen LogP contribution in [0.25, 0.3) is 17.0 Å². The van der Waals surface area contributed by atoms with Crippen molar-refractivity contribution in [1.29, 1.82) is 0 Å². The average Bonchev–Trinajstić information content (AvgIpc) is 3.48. The van der Waals surface area contributed by atoms with Crippen LogP contribution in [-0.2, 0) is 9.53 Å².